The van der Waals surface area contributed by atoms with E-state index in [1.165, 1.54) is 0 Å². The molecule has 0 aliphatic carbocycles. The van der Waals surface area contributed by atoms with Crippen LogP contribution >= 0.6 is 0 Å². The van der Waals surface area contributed by atoms with Crippen LogP contribution in [0.25, 0.3) is 10.8 Å². The molecule has 0 amide bonds. The molecular formula is C18H9F14KO3S. The van der Waals surface area contributed by atoms with Gasteiger partial charge in [0.25, 0.3) is 0 Å². The van der Waals surface area contributed by atoms with Gasteiger partial charge >= 0.3 is 93.3 Å². The zero-order valence-electron chi connectivity index (χ0n) is 17.7. The average molecular weight is 610 g/mol. The van der Waals surface area contributed by atoms with Gasteiger partial charge < -0.3 is 4.55 Å². The van der Waals surface area contributed by atoms with E-state index in [1.807, 2.05) is 0 Å². The third-order valence-electron chi connectivity index (χ3n) is 4.98. The first-order valence-electron chi connectivity index (χ1n) is 8.89. The normalized spacial score (nSPS) is 14.7. The van der Waals surface area contributed by atoms with Crippen LogP contribution in [0.5, 0.6) is 0 Å². The summed E-state index contributed by atoms with van der Waals surface area (Å²) in [7, 11) is -5.12. The molecule has 0 aliphatic rings. The van der Waals surface area contributed by atoms with Crippen LogP contribution in [0.4, 0.5) is 61.5 Å². The quantitative estimate of drug-likeness (QED) is 0.249. The van der Waals surface area contributed by atoms with Crippen LogP contribution in [0, 0.1) is 0 Å². The zero-order chi connectivity index (χ0) is 28.3. The fourth-order valence-electron chi connectivity index (χ4n) is 2.96. The summed E-state index contributed by atoms with van der Waals surface area (Å²) in [6.45, 7) is 0. The Bertz CT molecular complexity index is 1250. The van der Waals surface area contributed by atoms with E-state index in [0.717, 1.165) is 12.1 Å². The Balaban J connectivity index is 0.00000684. The van der Waals surface area contributed by atoms with Crippen molar-refractivity contribution < 1.29 is 126 Å². The largest absolute Gasteiger partial charge is 1.00 e. The summed E-state index contributed by atoms with van der Waals surface area (Å²) < 4.78 is 221. The fourth-order valence-corrected chi connectivity index (χ4v) is 3.47. The molecule has 0 aromatic heterocycles. The molecule has 2 aromatic rings. The van der Waals surface area contributed by atoms with Crippen molar-refractivity contribution in [2.45, 2.75) is 53.3 Å². The van der Waals surface area contributed by atoms with Crippen LogP contribution in [0.15, 0.2) is 41.3 Å². The molecule has 0 bridgehead atoms. The van der Waals surface area contributed by atoms with Crippen molar-refractivity contribution in [2.24, 2.45) is 0 Å². The van der Waals surface area contributed by atoms with Crippen LogP contribution in [0.2, 0.25) is 0 Å². The number of alkyl halides is 14. The van der Waals surface area contributed by atoms with Gasteiger partial charge in [-0.05, 0) is 28.5 Å². The maximum atomic E-state index is 14.3. The summed E-state index contributed by atoms with van der Waals surface area (Å²) in [4.78, 5) is -0.947. The molecule has 3 nitrogen and oxygen atoms in total. The molecule has 0 saturated heterocycles. The van der Waals surface area contributed by atoms with Crippen molar-refractivity contribution in [3.05, 3.63) is 42.0 Å². The Labute approximate surface area is 240 Å². The Morgan fingerprint density at radius 3 is 1.68 bits per heavy atom. The molecular weight excluding hydrogens is 601 g/mol. The SMILES string of the molecule is O=S(=O)([O-])c1ccc2c(CC(F)(F)C(F)(F)C(F)(F)C(F)(F)C(F)(F)C(F)(F)C(F)F)cccc2c1.[K+]. The molecule has 0 fully saturated rings. The van der Waals surface area contributed by atoms with E-state index in [-0.39, 0.29) is 51.4 Å². The average Bonchev–Trinajstić information content (AvgIpc) is 2.71. The van der Waals surface area contributed by atoms with E-state index in [2.05, 4.69) is 0 Å². The van der Waals surface area contributed by atoms with E-state index in [4.69, 9.17) is 0 Å². The molecule has 0 aliphatic heterocycles. The molecule has 0 spiro atoms. The summed E-state index contributed by atoms with van der Waals surface area (Å²) in [6.07, 6.45) is -8.41. The van der Waals surface area contributed by atoms with Gasteiger partial charge in [0.15, 0.2) is 0 Å². The molecule has 2 rings (SSSR count). The van der Waals surface area contributed by atoms with E-state index >= 15 is 0 Å². The van der Waals surface area contributed by atoms with Crippen molar-refractivity contribution in [3.8, 4) is 0 Å². The van der Waals surface area contributed by atoms with Crippen molar-refractivity contribution in [1.82, 2.24) is 0 Å². The van der Waals surface area contributed by atoms with E-state index in [0.29, 0.717) is 24.3 Å². The molecule has 0 heterocycles. The van der Waals surface area contributed by atoms with Gasteiger partial charge in [-0.25, -0.2) is 17.2 Å². The van der Waals surface area contributed by atoms with E-state index < -0.39 is 79.7 Å². The third-order valence-corrected chi connectivity index (χ3v) is 5.81. The van der Waals surface area contributed by atoms with Crippen LogP contribution in [0.1, 0.15) is 5.56 Å². The van der Waals surface area contributed by atoms with Gasteiger partial charge in [0.1, 0.15) is 10.1 Å². The smallest absolute Gasteiger partial charge is 0.744 e. The second-order valence-electron chi connectivity index (χ2n) is 7.36. The fraction of sp³-hybridized carbons (Fsp3) is 0.444. The number of hydrogen-bond donors (Lipinski definition) is 0. The second kappa shape index (κ2) is 10.3. The minimum atomic E-state index is -8.12. The van der Waals surface area contributed by atoms with Gasteiger partial charge in [0.05, 0.1) is 4.90 Å². The first-order chi connectivity index (χ1) is 15.9. The molecule has 37 heavy (non-hydrogen) atoms. The molecule has 0 unspecified atom stereocenters. The Morgan fingerprint density at radius 1 is 0.730 bits per heavy atom. The number of rotatable bonds is 9. The molecule has 0 N–H and O–H groups in total. The van der Waals surface area contributed by atoms with Crippen LogP contribution in [0.3, 0.4) is 0 Å². The van der Waals surface area contributed by atoms with E-state index in [1.54, 1.807) is 0 Å². The van der Waals surface area contributed by atoms with E-state index in [9.17, 15) is 74.4 Å². The van der Waals surface area contributed by atoms with Crippen molar-refractivity contribution >= 4 is 20.9 Å². The van der Waals surface area contributed by atoms with Crippen LogP contribution in [-0.4, -0.2) is 54.9 Å². The van der Waals surface area contributed by atoms with Gasteiger partial charge in [-0.15, -0.1) is 0 Å². The Morgan fingerprint density at radius 2 is 1.22 bits per heavy atom. The number of halogens is 14. The number of benzene rings is 2. The molecule has 0 radical (unpaired) electrons. The van der Waals surface area contributed by atoms with Crippen molar-refractivity contribution in [2.75, 3.05) is 0 Å². The second-order valence-corrected chi connectivity index (χ2v) is 8.74. The summed E-state index contributed by atoms with van der Waals surface area (Å²) in [5.74, 6) is -45.3. The first-order valence-corrected chi connectivity index (χ1v) is 10.3. The minimum Gasteiger partial charge on any atom is -0.744 e. The predicted molar refractivity (Wildman–Crippen MR) is 91.3 cm³/mol. The van der Waals surface area contributed by atoms with Gasteiger partial charge in [0.2, 0.25) is 0 Å². The molecule has 0 atom stereocenters. The summed E-state index contributed by atoms with van der Waals surface area (Å²) in [5, 5.41) is -1.03. The predicted octanol–water partition coefficient (Wildman–Crippen LogP) is 3.37. The van der Waals surface area contributed by atoms with Gasteiger partial charge in [-0.3, -0.25) is 0 Å². The summed E-state index contributed by atoms with van der Waals surface area (Å²) in [6, 6.07) is 3.81. The number of hydrogen-bond acceptors (Lipinski definition) is 3. The topological polar surface area (TPSA) is 57.2 Å². The van der Waals surface area contributed by atoms with Crippen LogP contribution < -0.4 is 51.4 Å². The first kappa shape index (κ1) is 34.3. The van der Waals surface area contributed by atoms with Gasteiger partial charge in [-0.1, -0.05) is 24.3 Å². The third kappa shape index (κ3) is 5.50. The maximum Gasteiger partial charge on any atom is 1.00 e. The summed E-state index contributed by atoms with van der Waals surface area (Å²) >= 11 is 0. The van der Waals surface area contributed by atoms with Crippen molar-refractivity contribution in [3.63, 3.8) is 0 Å². The van der Waals surface area contributed by atoms with Crippen LogP contribution in [-0.2, 0) is 16.5 Å². The Hall–Kier alpha value is -0.734. The number of fused-ring (bicyclic) bond motifs is 1. The standard InChI is InChI=1S/C18H10F14O3S.K/c19-12(20)14(23,24)16(27,28)18(31,32)17(29,30)15(25,26)13(21,22)7-9-3-1-2-8-6-10(36(33,34)35)4-5-11(8)9;/h1-6,12H,7H2,(H,33,34,35);/q;+1/p-1. The molecule has 204 valence electrons. The molecule has 0 saturated carbocycles. The Kier molecular flexibility index (Phi) is 9.59. The molecule has 2 aromatic carbocycles. The summed E-state index contributed by atoms with van der Waals surface area (Å²) in [5.41, 5.74) is -1.09. The maximum absolute atomic E-state index is 14.3. The van der Waals surface area contributed by atoms with Gasteiger partial charge in [0, 0.05) is 6.42 Å². The van der Waals surface area contributed by atoms with Crippen molar-refractivity contribution in [1.29, 1.82) is 0 Å². The minimum absolute atomic E-state index is 0. The monoisotopic (exact) mass is 610 g/mol. The zero-order valence-corrected chi connectivity index (χ0v) is 21.6. The van der Waals surface area contributed by atoms with Gasteiger partial charge in [-0.2, -0.15) is 52.7 Å². The molecule has 19 heteroatoms.